The van der Waals surface area contributed by atoms with Gasteiger partial charge in [0.05, 0.1) is 0 Å². The normalized spacial score (nSPS) is 11.9. The first-order valence-electron chi connectivity index (χ1n) is 6.18. The highest BCUT2D eigenvalue weighted by Gasteiger charge is 1.84. The van der Waals surface area contributed by atoms with E-state index in [-0.39, 0.29) is 0 Å². The molecule has 0 nitrogen and oxygen atoms in total. The van der Waals surface area contributed by atoms with E-state index in [4.69, 9.17) is 0 Å². The minimum Gasteiger partial charge on any atom is -0.0917 e. The molecule has 0 aromatic carbocycles. The molecular weight excluding hydrogens is 168 g/mol. The first-order chi connectivity index (χ1) is 6.91. The second kappa shape index (κ2) is 12.5. The Morgan fingerprint density at radius 3 is 2.00 bits per heavy atom. The molecular formula is C14H26. The lowest BCUT2D eigenvalue weighted by molar-refractivity contribution is 0.673. The third-order valence-corrected chi connectivity index (χ3v) is 2.37. The summed E-state index contributed by atoms with van der Waals surface area (Å²) < 4.78 is 0. The molecule has 0 bridgehead atoms. The largest absolute Gasteiger partial charge is 0.0917 e. The van der Waals surface area contributed by atoms with Gasteiger partial charge in [-0.15, -0.1) is 0 Å². The summed E-state index contributed by atoms with van der Waals surface area (Å²) in [5.74, 6) is 0. The van der Waals surface area contributed by atoms with E-state index >= 15 is 0 Å². The van der Waals surface area contributed by atoms with Gasteiger partial charge in [-0.25, -0.2) is 0 Å². The summed E-state index contributed by atoms with van der Waals surface area (Å²) in [6.45, 7) is 4.35. The predicted molar refractivity (Wildman–Crippen MR) is 66.6 cm³/mol. The molecule has 14 heavy (non-hydrogen) atoms. The summed E-state index contributed by atoms with van der Waals surface area (Å²) in [5, 5.41) is 0. The zero-order valence-electron chi connectivity index (χ0n) is 9.97. The van der Waals surface area contributed by atoms with Gasteiger partial charge in [0.1, 0.15) is 0 Å². The summed E-state index contributed by atoms with van der Waals surface area (Å²) in [7, 11) is 0. The first kappa shape index (κ1) is 13.5. The van der Waals surface area contributed by atoms with Gasteiger partial charge >= 0.3 is 0 Å². The summed E-state index contributed by atoms with van der Waals surface area (Å²) in [6, 6.07) is 0. The van der Waals surface area contributed by atoms with Crippen molar-refractivity contribution >= 4 is 0 Å². The van der Waals surface area contributed by atoms with Crippen molar-refractivity contribution in [3.05, 3.63) is 24.3 Å². The van der Waals surface area contributed by atoms with Crippen LogP contribution in [0.5, 0.6) is 0 Å². The predicted octanol–water partition coefficient (Wildman–Crippen LogP) is 5.26. The monoisotopic (exact) mass is 194 g/mol. The van der Waals surface area contributed by atoms with E-state index < -0.39 is 0 Å². The van der Waals surface area contributed by atoms with Crippen LogP contribution in [-0.2, 0) is 0 Å². The van der Waals surface area contributed by atoms with Crippen LogP contribution in [0.15, 0.2) is 24.3 Å². The van der Waals surface area contributed by atoms with Crippen molar-refractivity contribution in [3.63, 3.8) is 0 Å². The van der Waals surface area contributed by atoms with Crippen molar-refractivity contribution < 1.29 is 0 Å². The van der Waals surface area contributed by atoms with Gasteiger partial charge in [0.25, 0.3) is 0 Å². The van der Waals surface area contributed by atoms with Crippen molar-refractivity contribution in [1.29, 1.82) is 0 Å². The van der Waals surface area contributed by atoms with E-state index in [1.807, 2.05) is 0 Å². The van der Waals surface area contributed by atoms with Crippen LogP contribution in [0, 0.1) is 0 Å². The average Bonchev–Trinajstić information content (AvgIpc) is 2.21. The first-order valence-corrected chi connectivity index (χ1v) is 6.18. The van der Waals surface area contributed by atoms with Gasteiger partial charge in [0, 0.05) is 0 Å². The van der Waals surface area contributed by atoms with E-state index in [9.17, 15) is 0 Å². The minimum absolute atomic E-state index is 1.23. The minimum atomic E-state index is 1.23. The maximum atomic E-state index is 2.35. The third kappa shape index (κ3) is 11.5. The molecule has 0 heterocycles. The highest BCUT2D eigenvalue weighted by molar-refractivity contribution is 4.83. The van der Waals surface area contributed by atoms with Crippen LogP contribution in [0.3, 0.4) is 0 Å². The Balaban J connectivity index is 3.03. The zero-order valence-corrected chi connectivity index (χ0v) is 9.97. The molecule has 0 amide bonds. The standard InChI is InChI=1S/C14H26/c1-3-5-7-9-11-13-14-12-10-8-6-4-2/h3,5,13-14H,4,6-12H2,1-2H3. The van der Waals surface area contributed by atoms with E-state index in [0.29, 0.717) is 0 Å². The van der Waals surface area contributed by atoms with Gasteiger partial charge in [-0.1, -0.05) is 50.5 Å². The van der Waals surface area contributed by atoms with Crippen LogP contribution < -0.4 is 0 Å². The maximum Gasteiger partial charge on any atom is -0.0348 e. The Labute approximate surface area is 90.1 Å². The second-order valence-corrected chi connectivity index (χ2v) is 3.82. The third-order valence-electron chi connectivity index (χ3n) is 2.37. The number of unbranched alkanes of at least 4 members (excludes halogenated alkanes) is 6. The summed E-state index contributed by atoms with van der Waals surface area (Å²) >= 11 is 0. The van der Waals surface area contributed by atoms with Crippen molar-refractivity contribution in [2.75, 3.05) is 0 Å². The molecule has 0 aromatic rings. The zero-order chi connectivity index (χ0) is 10.5. The molecule has 0 aromatic heterocycles. The van der Waals surface area contributed by atoms with E-state index in [1.165, 1.54) is 51.4 Å². The van der Waals surface area contributed by atoms with Crippen LogP contribution in [0.1, 0.15) is 65.2 Å². The van der Waals surface area contributed by atoms with Gasteiger partial charge in [0.2, 0.25) is 0 Å². The molecule has 0 unspecified atom stereocenters. The van der Waals surface area contributed by atoms with Crippen LogP contribution in [0.2, 0.25) is 0 Å². The molecule has 0 saturated carbocycles. The fourth-order valence-electron chi connectivity index (χ4n) is 1.44. The second-order valence-electron chi connectivity index (χ2n) is 3.82. The van der Waals surface area contributed by atoms with Gasteiger partial charge in [-0.3, -0.25) is 0 Å². The highest BCUT2D eigenvalue weighted by atomic mass is 13.9. The van der Waals surface area contributed by atoms with Crippen LogP contribution in [0.25, 0.3) is 0 Å². The van der Waals surface area contributed by atoms with E-state index in [2.05, 4.69) is 38.2 Å². The van der Waals surface area contributed by atoms with E-state index in [0.717, 1.165) is 0 Å². The van der Waals surface area contributed by atoms with Gasteiger partial charge in [-0.05, 0) is 39.0 Å². The number of hydrogen-bond donors (Lipinski definition) is 0. The molecule has 0 aliphatic carbocycles. The highest BCUT2D eigenvalue weighted by Crippen LogP contribution is 2.04. The van der Waals surface area contributed by atoms with Crippen molar-refractivity contribution in [1.82, 2.24) is 0 Å². The number of rotatable bonds is 9. The lowest BCUT2D eigenvalue weighted by Crippen LogP contribution is -1.74. The van der Waals surface area contributed by atoms with Crippen molar-refractivity contribution in [2.24, 2.45) is 0 Å². The quantitative estimate of drug-likeness (QED) is 0.347. The lowest BCUT2D eigenvalue weighted by atomic mass is 10.1. The summed E-state index contributed by atoms with van der Waals surface area (Å²) in [5.41, 5.74) is 0. The van der Waals surface area contributed by atoms with Crippen LogP contribution in [0.4, 0.5) is 0 Å². The molecule has 0 rings (SSSR count). The number of allylic oxidation sites excluding steroid dienone is 4. The molecule has 0 aliphatic rings. The molecule has 0 aliphatic heterocycles. The molecule has 0 radical (unpaired) electrons. The van der Waals surface area contributed by atoms with Gasteiger partial charge in [-0.2, -0.15) is 0 Å². The molecule has 0 N–H and O–H groups in total. The fraction of sp³-hybridized carbons (Fsp3) is 0.714. The SMILES string of the molecule is CC=CCCCC=CCCCCCC. The fourth-order valence-corrected chi connectivity index (χ4v) is 1.44. The molecule has 0 atom stereocenters. The molecule has 82 valence electrons. The topological polar surface area (TPSA) is 0 Å². The molecule has 0 saturated heterocycles. The molecule has 0 spiro atoms. The average molecular weight is 194 g/mol. The Kier molecular flexibility index (Phi) is 12.0. The van der Waals surface area contributed by atoms with Crippen molar-refractivity contribution in [3.8, 4) is 0 Å². The Bertz CT molecular complexity index is 142. The maximum absolute atomic E-state index is 2.35. The Hall–Kier alpha value is -0.520. The summed E-state index contributed by atoms with van der Waals surface area (Å²) in [4.78, 5) is 0. The Morgan fingerprint density at radius 2 is 1.36 bits per heavy atom. The molecule has 0 heteroatoms. The lowest BCUT2D eigenvalue weighted by Gasteiger charge is -1.94. The smallest absolute Gasteiger partial charge is 0.0348 e. The van der Waals surface area contributed by atoms with Crippen LogP contribution >= 0.6 is 0 Å². The van der Waals surface area contributed by atoms with Crippen LogP contribution in [-0.4, -0.2) is 0 Å². The Morgan fingerprint density at radius 1 is 0.714 bits per heavy atom. The number of hydrogen-bond acceptors (Lipinski definition) is 0. The van der Waals surface area contributed by atoms with Crippen molar-refractivity contribution in [2.45, 2.75) is 65.2 Å². The van der Waals surface area contributed by atoms with E-state index in [1.54, 1.807) is 0 Å². The van der Waals surface area contributed by atoms with Gasteiger partial charge < -0.3 is 0 Å². The van der Waals surface area contributed by atoms with Gasteiger partial charge in [0.15, 0.2) is 0 Å². The molecule has 0 fully saturated rings. The summed E-state index contributed by atoms with van der Waals surface area (Å²) in [6.07, 6.45) is 19.7.